The molecule has 1 unspecified atom stereocenters. The van der Waals surface area contributed by atoms with Crippen LogP contribution >= 0.6 is 0 Å². The van der Waals surface area contributed by atoms with E-state index in [1.54, 1.807) is 0 Å². The van der Waals surface area contributed by atoms with Crippen molar-refractivity contribution in [2.75, 3.05) is 0 Å². The minimum atomic E-state index is 0.179. The molecular weight excluding hydrogens is 172 g/mol. The van der Waals surface area contributed by atoms with Crippen molar-refractivity contribution in [1.82, 2.24) is 0 Å². The fraction of sp³-hybridized carbons (Fsp3) is 0.500. The van der Waals surface area contributed by atoms with Gasteiger partial charge in [0.25, 0.3) is 0 Å². The molecular formula is C12H18N2. The van der Waals surface area contributed by atoms with E-state index in [-0.39, 0.29) is 11.5 Å². The molecule has 0 heterocycles. The van der Waals surface area contributed by atoms with E-state index < -0.39 is 0 Å². The minimum Gasteiger partial charge on any atom is -0.185 e. The molecule has 2 nitrogen and oxygen atoms in total. The molecule has 0 saturated heterocycles. The van der Waals surface area contributed by atoms with Crippen molar-refractivity contribution in [2.45, 2.75) is 33.7 Å². The lowest BCUT2D eigenvalue weighted by Gasteiger charge is -2.21. The molecule has 0 aromatic heterocycles. The number of hydrogen-bond acceptors (Lipinski definition) is 2. The molecule has 0 aliphatic rings. The molecule has 0 saturated carbocycles. The fourth-order valence-electron chi connectivity index (χ4n) is 0.821. The molecule has 76 valence electrons. The molecule has 0 aliphatic heterocycles. The van der Waals surface area contributed by atoms with E-state index in [1.807, 2.05) is 30.3 Å². The monoisotopic (exact) mass is 190 g/mol. The van der Waals surface area contributed by atoms with Gasteiger partial charge in [-0.1, -0.05) is 39.0 Å². The van der Waals surface area contributed by atoms with E-state index in [9.17, 15) is 0 Å². The van der Waals surface area contributed by atoms with Gasteiger partial charge in [-0.15, -0.1) is 0 Å². The van der Waals surface area contributed by atoms with Gasteiger partial charge in [-0.05, 0) is 24.5 Å². The highest BCUT2D eigenvalue weighted by molar-refractivity contribution is 5.34. The maximum absolute atomic E-state index is 4.29. The molecule has 0 N–H and O–H groups in total. The first-order chi connectivity index (χ1) is 6.50. The van der Waals surface area contributed by atoms with Gasteiger partial charge < -0.3 is 0 Å². The van der Waals surface area contributed by atoms with E-state index in [0.29, 0.717) is 0 Å². The highest BCUT2D eigenvalue weighted by atomic mass is 15.1. The molecule has 2 heteroatoms. The van der Waals surface area contributed by atoms with Crippen LogP contribution in [0.15, 0.2) is 40.6 Å². The first kappa shape index (κ1) is 10.9. The van der Waals surface area contributed by atoms with Crippen LogP contribution in [-0.2, 0) is 0 Å². The number of rotatable bonds is 2. The van der Waals surface area contributed by atoms with Crippen LogP contribution in [0, 0.1) is 5.41 Å². The molecule has 1 rings (SSSR count). The number of benzene rings is 1. The summed E-state index contributed by atoms with van der Waals surface area (Å²) in [4.78, 5) is 0. The van der Waals surface area contributed by atoms with E-state index in [4.69, 9.17) is 0 Å². The van der Waals surface area contributed by atoms with Gasteiger partial charge in [0, 0.05) is 0 Å². The molecule has 0 radical (unpaired) electrons. The van der Waals surface area contributed by atoms with E-state index in [2.05, 4.69) is 37.9 Å². The smallest absolute Gasteiger partial charge is 0.0852 e. The summed E-state index contributed by atoms with van der Waals surface area (Å²) in [7, 11) is 0. The van der Waals surface area contributed by atoms with E-state index in [0.717, 1.165) is 5.69 Å². The molecule has 0 fully saturated rings. The number of nitrogens with zero attached hydrogens (tertiary/aromatic N) is 2. The maximum Gasteiger partial charge on any atom is 0.0852 e. The van der Waals surface area contributed by atoms with Gasteiger partial charge in [0.05, 0.1) is 11.7 Å². The second-order valence-corrected chi connectivity index (χ2v) is 4.59. The molecule has 0 spiro atoms. The van der Waals surface area contributed by atoms with Crippen LogP contribution in [0.5, 0.6) is 0 Å². The molecule has 0 bridgehead atoms. The van der Waals surface area contributed by atoms with Crippen LogP contribution in [0.25, 0.3) is 0 Å². The molecule has 1 atom stereocenters. The average Bonchev–Trinajstić information content (AvgIpc) is 2.14. The van der Waals surface area contributed by atoms with Crippen molar-refractivity contribution in [3.05, 3.63) is 30.3 Å². The highest BCUT2D eigenvalue weighted by Gasteiger charge is 2.18. The molecule has 0 amide bonds. The number of azo groups is 1. The van der Waals surface area contributed by atoms with Gasteiger partial charge in [0.1, 0.15) is 0 Å². The largest absolute Gasteiger partial charge is 0.185 e. The minimum absolute atomic E-state index is 0.179. The van der Waals surface area contributed by atoms with Crippen molar-refractivity contribution >= 4 is 5.69 Å². The Hall–Kier alpha value is -1.18. The molecule has 1 aromatic carbocycles. The topological polar surface area (TPSA) is 24.7 Å². The first-order valence-electron chi connectivity index (χ1n) is 4.96. The van der Waals surface area contributed by atoms with Gasteiger partial charge in [-0.3, -0.25) is 0 Å². The lowest BCUT2D eigenvalue weighted by Crippen LogP contribution is -2.20. The average molecular weight is 190 g/mol. The summed E-state index contributed by atoms with van der Waals surface area (Å²) in [6, 6.07) is 10.1. The third-order valence-electron chi connectivity index (χ3n) is 2.36. The second-order valence-electron chi connectivity index (χ2n) is 4.59. The third kappa shape index (κ3) is 3.29. The van der Waals surface area contributed by atoms with Crippen molar-refractivity contribution in [1.29, 1.82) is 0 Å². The maximum atomic E-state index is 4.29. The fourth-order valence-corrected chi connectivity index (χ4v) is 0.821. The van der Waals surface area contributed by atoms with Gasteiger partial charge in [-0.2, -0.15) is 10.2 Å². The molecule has 14 heavy (non-hydrogen) atoms. The standard InChI is InChI=1S/C12H18N2/c1-10(12(2,3)4)13-14-11-8-6-5-7-9-11/h5-10H,1-4H3. The van der Waals surface area contributed by atoms with Gasteiger partial charge in [0.2, 0.25) is 0 Å². The van der Waals surface area contributed by atoms with Crippen molar-refractivity contribution in [3.63, 3.8) is 0 Å². The summed E-state index contributed by atoms with van der Waals surface area (Å²) in [5, 5.41) is 8.49. The summed E-state index contributed by atoms with van der Waals surface area (Å²) in [6.07, 6.45) is 0. The second kappa shape index (κ2) is 4.36. The Kier molecular flexibility index (Phi) is 3.39. The van der Waals surface area contributed by atoms with Crippen LogP contribution < -0.4 is 0 Å². The van der Waals surface area contributed by atoms with Crippen molar-refractivity contribution < 1.29 is 0 Å². The Morgan fingerprint density at radius 3 is 2.14 bits per heavy atom. The van der Waals surface area contributed by atoms with Gasteiger partial charge in [-0.25, -0.2) is 0 Å². The number of hydrogen-bond donors (Lipinski definition) is 0. The zero-order chi connectivity index (χ0) is 10.6. The highest BCUT2D eigenvalue weighted by Crippen LogP contribution is 2.23. The quantitative estimate of drug-likeness (QED) is 0.624. The Labute approximate surface area is 86.1 Å². The summed E-state index contributed by atoms with van der Waals surface area (Å²) in [6.45, 7) is 8.59. The molecule has 0 aliphatic carbocycles. The predicted octanol–water partition coefficient (Wildman–Crippen LogP) is 4.20. The summed E-state index contributed by atoms with van der Waals surface area (Å²) >= 11 is 0. The van der Waals surface area contributed by atoms with Crippen LogP contribution in [0.1, 0.15) is 27.7 Å². The van der Waals surface area contributed by atoms with E-state index in [1.165, 1.54) is 0 Å². The summed E-state index contributed by atoms with van der Waals surface area (Å²) in [5.41, 5.74) is 1.10. The Morgan fingerprint density at radius 2 is 1.64 bits per heavy atom. The van der Waals surface area contributed by atoms with E-state index >= 15 is 0 Å². The SMILES string of the molecule is CC(N=Nc1ccccc1)C(C)(C)C. The lowest BCUT2D eigenvalue weighted by atomic mass is 9.89. The van der Waals surface area contributed by atoms with Crippen LogP contribution in [-0.4, -0.2) is 6.04 Å². The van der Waals surface area contributed by atoms with Crippen molar-refractivity contribution in [2.24, 2.45) is 15.6 Å². The molecule has 1 aromatic rings. The van der Waals surface area contributed by atoms with Crippen molar-refractivity contribution in [3.8, 4) is 0 Å². The van der Waals surface area contributed by atoms with Crippen LogP contribution in [0.2, 0.25) is 0 Å². The third-order valence-corrected chi connectivity index (χ3v) is 2.36. The zero-order valence-electron chi connectivity index (χ0n) is 9.36. The van der Waals surface area contributed by atoms with Crippen LogP contribution in [0.4, 0.5) is 5.69 Å². The summed E-state index contributed by atoms with van der Waals surface area (Å²) in [5.74, 6) is 0. The zero-order valence-corrected chi connectivity index (χ0v) is 9.36. The first-order valence-corrected chi connectivity index (χ1v) is 4.96. The summed E-state index contributed by atoms with van der Waals surface area (Å²) < 4.78 is 0. The van der Waals surface area contributed by atoms with Gasteiger partial charge in [0.15, 0.2) is 0 Å². The van der Waals surface area contributed by atoms with Crippen LogP contribution in [0.3, 0.4) is 0 Å². The van der Waals surface area contributed by atoms with Gasteiger partial charge >= 0.3 is 0 Å². The predicted molar refractivity (Wildman–Crippen MR) is 59.9 cm³/mol. The normalized spacial score (nSPS) is 14.6. The Balaban J connectivity index is 2.66. The Bertz CT molecular complexity index is 296. The Morgan fingerprint density at radius 1 is 1.07 bits per heavy atom. The lowest BCUT2D eigenvalue weighted by molar-refractivity contribution is 0.333.